The average molecular weight is 400 g/mol. The van der Waals surface area contributed by atoms with Crippen LogP contribution in [0.2, 0.25) is 0 Å². The second kappa shape index (κ2) is 7.56. The molecule has 3 aromatic rings. The number of anilines is 1. The predicted molar refractivity (Wildman–Crippen MR) is 116 cm³/mol. The van der Waals surface area contributed by atoms with E-state index in [1.165, 1.54) is 0 Å². The van der Waals surface area contributed by atoms with Crippen molar-refractivity contribution < 1.29 is 14.3 Å². The lowest BCUT2D eigenvalue weighted by molar-refractivity contribution is -0.122. The number of hydrogen-bond acceptors (Lipinski definition) is 4. The van der Waals surface area contributed by atoms with E-state index in [9.17, 15) is 9.59 Å². The van der Waals surface area contributed by atoms with Crippen LogP contribution >= 0.6 is 0 Å². The number of esters is 1. The molecule has 2 heterocycles. The van der Waals surface area contributed by atoms with Gasteiger partial charge in [0, 0.05) is 22.8 Å². The number of carbonyl (C=O) groups is 2. The summed E-state index contributed by atoms with van der Waals surface area (Å²) in [5, 5.41) is 0.801. The van der Waals surface area contributed by atoms with E-state index in [4.69, 9.17) is 9.72 Å². The van der Waals surface area contributed by atoms with Gasteiger partial charge in [-0.2, -0.15) is 0 Å². The van der Waals surface area contributed by atoms with Gasteiger partial charge in [-0.1, -0.05) is 36.4 Å². The first kappa shape index (κ1) is 18.8. The number of aromatic nitrogens is 1. The minimum Gasteiger partial charge on any atom is -0.452 e. The van der Waals surface area contributed by atoms with E-state index in [1.807, 2.05) is 55.5 Å². The molecule has 0 radical (unpaired) electrons. The van der Waals surface area contributed by atoms with Crippen molar-refractivity contribution in [2.75, 3.05) is 11.5 Å². The number of aryl methyl sites for hydroxylation is 1. The van der Waals surface area contributed by atoms with Gasteiger partial charge in [0.05, 0.1) is 11.1 Å². The lowest BCUT2D eigenvalue weighted by Crippen LogP contribution is -2.38. The van der Waals surface area contributed by atoms with Crippen molar-refractivity contribution in [3.8, 4) is 0 Å². The molecule has 1 amide bonds. The van der Waals surface area contributed by atoms with E-state index in [2.05, 4.69) is 0 Å². The molecule has 1 aliphatic heterocycles. The summed E-state index contributed by atoms with van der Waals surface area (Å²) in [6.45, 7) is 1.76. The Labute approximate surface area is 175 Å². The van der Waals surface area contributed by atoms with Crippen LogP contribution in [-0.2, 0) is 28.8 Å². The molecule has 0 bridgehead atoms. The van der Waals surface area contributed by atoms with Crippen LogP contribution in [0.3, 0.4) is 0 Å². The number of fused-ring (bicyclic) bond motifs is 3. The van der Waals surface area contributed by atoms with E-state index >= 15 is 0 Å². The van der Waals surface area contributed by atoms with Gasteiger partial charge in [-0.3, -0.25) is 9.78 Å². The first-order valence-electron chi connectivity index (χ1n) is 10.6. The molecule has 1 aromatic heterocycles. The van der Waals surface area contributed by atoms with Gasteiger partial charge in [0.25, 0.3) is 5.91 Å². The fraction of sp³-hybridized carbons (Fsp3) is 0.320. The van der Waals surface area contributed by atoms with E-state index in [0.717, 1.165) is 65.5 Å². The van der Waals surface area contributed by atoms with E-state index in [1.54, 1.807) is 4.90 Å². The van der Waals surface area contributed by atoms with Crippen LogP contribution in [0.5, 0.6) is 0 Å². The van der Waals surface area contributed by atoms with Gasteiger partial charge in [-0.05, 0) is 62.3 Å². The molecule has 152 valence electrons. The zero-order chi connectivity index (χ0) is 20.7. The zero-order valence-corrected chi connectivity index (χ0v) is 17.1. The molecule has 0 spiro atoms. The summed E-state index contributed by atoms with van der Waals surface area (Å²) in [6, 6.07) is 15.6. The second-order valence-corrected chi connectivity index (χ2v) is 8.16. The van der Waals surface area contributed by atoms with E-state index < -0.39 is 5.97 Å². The van der Waals surface area contributed by atoms with Crippen molar-refractivity contribution in [1.29, 1.82) is 0 Å². The standard InChI is InChI=1S/C25H24N2O3/c1-16-14-17-8-2-7-13-22(17)27(16)23(28)15-30-25(29)24-18-9-3-5-11-20(18)26-21-12-6-4-10-19(21)24/h2-3,5,7-9,11,13,16H,4,6,10,12,14-15H2,1H3. The number of benzene rings is 2. The molecule has 2 aliphatic rings. The Morgan fingerprint density at radius 2 is 1.83 bits per heavy atom. The van der Waals surface area contributed by atoms with Crippen LogP contribution in [0, 0.1) is 0 Å². The number of amides is 1. The van der Waals surface area contributed by atoms with Gasteiger partial charge in [-0.25, -0.2) is 4.79 Å². The number of carbonyl (C=O) groups excluding carboxylic acids is 2. The van der Waals surface area contributed by atoms with Crippen LogP contribution in [0.4, 0.5) is 5.69 Å². The molecule has 0 saturated carbocycles. The lowest BCUT2D eigenvalue weighted by atomic mass is 9.90. The third-order valence-electron chi connectivity index (χ3n) is 6.18. The van der Waals surface area contributed by atoms with Gasteiger partial charge in [-0.15, -0.1) is 0 Å². The summed E-state index contributed by atoms with van der Waals surface area (Å²) >= 11 is 0. The van der Waals surface area contributed by atoms with Gasteiger partial charge in [0.15, 0.2) is 6.61 Å². The highest BCUT2D eigenvalue weighted by atomic mass is 16.5. The first-order chi connectivity index (χ1) is 14.6. The molecule has 5 heteroatoms. The fourth-order valence-electron chi connectivity index (χ4n) is 4.82. The number of para-hydroxylation sites is 2. The fourth-order valence-corrected chi connectivity index (χ4v) is 4.82. The smallest absolute Gasteiger partial charge is 0.339 e. The molecule has 2 aromatic carbocycles. The van der Waals surface area contributed by atoms with Crippen LogP contribution in [-0.4, -0.2) is 29.5 Å². The van der Waals surface area contributed by atoms with Crippen molar-refractivity contribution in [3.05, 3.63) is 70.9 Å². The maximum Gasteiger partial charge on any atom is 0.339 e. The first-order valence-corrected chi connectivity index (χ1v) is 10.6. The monoisotopic (exact) mass is 400 g/mol. The molecule has 5 nitrogen and oxygen atoms in total. The number of pyridine rings is 1. The van der Waals surface area contributed by atoms with Crippen molar-refractivity contribution in [1.82, 2.24) is 4.98 Å². The highest BCUT2D eigenvalue weighted by molar-refractivity contribution is 6.06. The van der Waals surface area contributed by atoms with Crippen LogP contribution in [0.1, 0.15) is 46.9 Å². The van der Waals surface area contributed by atoms with E-state index in [-0.39, 0.29) is 18.6 Å². The van der Waals surface area contributed by atoms with Gasteiger partial charge in [0.1, 0.15) is 0 Å². The van der Waals surface area contributed by atoms with Crippen molar-refractivity contribution in [2.45, 2.75) is 45.1 Å². The van der Waals surface area contributed by atoms with Crippen LogP contribution < -0.4 is 4.90 Å². The Balaban J connectivity index is 1.41. The molecule has 0 N–H and O–H groups in total. The molecule has 1 aliphatic carbocycles. The summed E-state index contributed by atoms with van der Waals surface area (Å²) in [4.78, 5) is 32.6. The summed E-state index contributed by atoms with van der Waals surface area (Å²) in [5.41, 5.74) is 5.42. The Hall–Kier alpha value is -3.21. The van der Waals surface area contributed by atoms with Gasteiger partial charge in [0.2, 0.25) is 0 Å². The summed E-state index contributed by atoms with van der Waals surface area (Å²) in [7, 11) is 0. The Bertz CT molecular complexity index is 1150. The highest BCUT2D eigenvalue weighted by Gasteiger charge is 2.31. The normalized spacial score (nSPS) is 17.5. The summed E-state index contributed by atoms with van der Waals surface area (Å²) in [5.74, 6) is -0.617. The molecule has 30 heavy (non-hydrogen) atoms. The minimum atomic E-state index is -0.430. The van der Waals surface area contributed by atoms with Crippen molar-refractivity contribution in [3.63, 3.8) is 0 Å². The lowest BCUT2D eigenvalue weighted by Gasteiger charge is -2.23. The maximum absolute atomic E-state index is 13.2. The quantitative estimate of drug-likeness (QED) is 0.617. The van der Waals surface area contributed by atoms with Crippen molar-refractivity contribution in [2.24, 2.45) is 0 Å². The highest BCUT2D eigenvalue weighted by Crippen LogP contribution is 2.32. The van der Waals surface area contributed by atoms with Crippen molar-refractivity contribution >= 4 is 28.5 Å². The number of hydrogen-bond donors (Lipinski definition) is 0. The molecular formula is C25H24N2O3. The Morgan fingerprint density at radius 3 is 2.73 bits per heavy atom. The van der Waals surface area contributed by atoms with Gasteiger partial charge >= 0.3 is 5.97 Å². The SMILES string of the molecule is CC1Cc2ccccc2N1C(=O)COC(=O)c1c2c(nc3ccccc13)CCCC2. The number of ether oxygens (including phenoxy) is 1. The molecule has 5 rings (SSSR count). The molecule has 0 saturated heterocycles. The minimum absolute atomic E-state index is 0.0584. The predicted octanol–water partition coefficient (Wildman–Crippen LogP) is 4.25. The van der Waals surface area contributed by atoms with Crippen LogP contribution in [0.25, 0.3) is 10.9 Å². The molecule has 1 atom stereocenters. The zero-order valence-electron chi connectivity index (χ0n) is 17.1. The average Bonchev–Trinajstić information content (AvgIpc) is 3.11. The second-order valence-electron chi connectivity index (χ2n) is 8.16. The third-order valence-corrected chi connectivity index (χ3v) is 6.18. The summed E-state index contributed by atoms with van der Waals surface area (Å²) in [6.07, 6.45) is 4.63. The molecule has 0 fully saturated rings. The molecule has 1 unspecified atom stereocenters. The third kappa shape index (κ3) is 3.15. The number of rotatable bonds is 3. The topological polar surface area (TPSA) is 59.5 Å². The Kier molecular flexibility index (Phi) is 4.74. The largest absolute Gasteiger partial charge is 0.452 e. The molecular weight excluding hydrogens is 376 g/mol. The summed E-state index contributed by atoms with van der Waals surface area (Å²) < 4.78 is 5.58. The number of nitrogens with zero attached hydrogens (tertiary/aromatic N) is 2. The van der Waals surface area contributed by atoms with E-state index in [0.29, 0.717) is 5.56 Å². The van der Waals surface area contributed by atoms with Gasteiger partial charge < -0.3 is 9.64 Å². The van der Waals surface area contributed by atoms with Crippen LogP contribution in [0.15, 0.2) is 48.5 Å². The Morgan fingerprint density at radius 1 is 1.07 bits per heavy atom. The maximum atomic E-state index is 13.2.